The zero-order valence-corrected chi connectivity index (χ0v) is 70.6. The van der Waals surface area contributed by atoms with Crippen LogP contribution >= 0.6 is 0 Å². The van der Waals surface area contributed by atoms with Crippen LogP contribution in [0, 0.1) is 21.7 Å². The highest BCUT2D eigenvalue weighted by atomic mass is 32.2. The van der Waals surface area contributed by atoms with Crippen LogP contribution in [0.3, 0.4) is 0 Å². The number of para-hydroxylation sites is 6. The van der Waals surface area contributed by atoms with Gasteiger partial charge in [-0.1, -0.05) is 48.5 Å². The van der Waals surface area contributed by atoms with Crippen LogP contribution in [0.1, 0.15) is 77.6 Å². The highest BCUT2D eigenvalue weighted by Crippen LogP contribution is 2.45. The van der Waals surface area contributed by atoms with Gasteiger partial charge in [0.25, 0.3) is 0 Å². The zero-order valence-electron chi connectivity index (χ0n) is 69.8. The molecule has 0 unspecified atom stereocenters. The largest absolute Gasteiger partial charge is 0.508 e. The standard InChI is InChI=1S/C23H28N4O4S.C23H27N3O4.C22H25N3O5.C22H25N3O4/c1-23(2,22(28)25-32(3,29)30)16-26-12-14-27(15-13-26)21-17-8-4-6-10-19(17)31-20-11-7-5-9-18(20)24-21;1-23(2,22(27)28)15-25-10-12-26(13-11-25)21-17-9-8-16(29-3)14-20(17)30-19-7-5-4-6-18(19)24-21;1-22(2,21(28)29)13-24-7-9-25(10-8-24)20-16-11-14(26)4-6-18(16)30-19-12-15(27)3-5-17(19)23-20;1-22(2,21(27)28)14-24-9-11-25(12-10-24)20-16-5-3-4-6-18(16)29-19-13-15(26)7-8-17(19)23-20/h4-11H,12-16H2,1-3H3,(H,25,28);4-9,14H,10-13,15H2,1-3H3,(H,27,28);3-6,11-12,26-27H,7-10,13H2,1-2H3,(H,28,29);3-8,13,26H,9-12,14H2,1-2H3,(H,27,28). The van der Waals surface area contributed by atoms with Crippen molar-refractivity contribution < 1.29 is 81.9 Å². The Morgan fingerprint density at radius 3 is 1.02 bits per heavy atom. The summed E-state index contributed by atoms with van der Waals surface area (Å²) in [6.45, 7) is 27.9. The molecule has 8 aromatic rings. The van der Waals surface area contributed by atoms with E-state index in [1.54, 1.807) is 111 Å². The number of amidine groups is 4. The summed E-state index contributed by atoms with van der Waals surface area (Å²) in [7, 11) is -1.94. The monoisotopic (exact) mass is 1670 g/mol. The highest BCUT2D eigenvalue weighted by Gasteiger charge is 2.39. The van der Waals surface area contributed by atoms with Gasteiger partial charge in [0.1, 0.15) is 92.1 Å². The molecule has 121 heavy (non-hydrogen) atoms. The number of aliphatic imine (C=N–C) groups is 4. The lowest BCUT2D eigenvalue weighted by atomic mass is 9.91. The Hall–Kier alpha value is -12.3. The number of nitrogens with one attached hydrogen (secondary N) is 1. The van der Waals surface area contributed by atoms with Crippen molar-refractivity contribution in [3.8, 4) is 69.0 Å². The lowest BCUT2D eigenvalue weighted by molar-refractivity contribution is -0.149. The number of benzene rings is 8. The number of carboxylic acid groups (broad SMARTS) is 3. The minimum Gasteiger partial charge on any atom is -0.508 e. The van der Waals surface area contributed by atoms with Crippen molar-refractivity contribution in [1.29, 1.82) is 0 Å². The first-order chi connectivity index (χ1) is 57.5. The smallest absolute Gasteiger partial charge is 0.310 e. The number of carbonyl (C=O) groups is 4. The third-order valence-electron chi connectivity index (χ3n) is 22.1. The number of piperazine rings is 4. The van der Waals surface area contributed by atoms with Crippen LogP contribution in [-0.2, 0) is 29.2 Å². The number of phenolic OH excluding ortho intramolecular Hbond substituents is 3. The van der Waals surface area contributed by atoms with Gasteiger partial charge in [-0.15, -0.1) is 0 Å². The second kappa shape index (κ2) is 36.3. The molecule has 8 heterocycles. The molecule has 8 aliphatic heterocycles. The van der Waals surface area contributed by atoms with Crippen molar-refractivity contribution in [2.75, 3.05) is 144 Å². The summed E-state index contributed by atoms with van der Waals surface area (Å²) in [4.78, 5) is 83.9. The molecule has 0 spiro atoms. The number of carbonyl (C=O) groups excluding carboxylic acids is 1. The van der Waals surface area contributed by atoms with E-state index in [-0.39, 0.29) is 17.2 Å². The molecule has 0 bridgehead atoms. The molecule has 30 nitrogen and oxygen atoms in total. The van der Waals surface area contributed by atoms with Gasteiger partial charge in [0, 0.05) is 149 Å². The molecule has 0 saturated carbocycles. The number of fused-ring (bicyclic) bond motifs is 8. The van der Waals surface area contributed by atoms with Crippen molar-refractivity contribution in [3.05, 3.63) is 192 Å². The third-order valence-corrected chi connectivity index (χ3v) is 22.6. The summed E-state index contributed by atoms with van der Waals surface area (Å²) in [6.07, 6.45) is 0.993. The Labute approximate surface area is 704 Å². The molecule has 4 fully saturated rings. The normalized spacial score (nSPS) is 16.8. The Morgan fingerprint density at radius 1 is 0.355 bits per heavy atom. The van der Waals surface area contributed by atoms with Gasteiger partial charge in [-0.05, 0) is 159 Å². The Bertz CT molecular complexity index is 5430. The first-order valence-corrected chi connectivity index (χ1v) is 42.2. The van der Waals surface area contributed by atoms with E-state index in [1.807, 2.05) is 115 Å². The second-order valence-electron chi connectivity index (χ2n) is 33.6. The summed E-state index contributed by atoms with van der Waals surface area (Å²) in [5.41, 5.74) is 3.11. The number of sulfonamides is 1. The number of aliphatic carboxylic acids is 3. The summed E-state index contributed by atoms with van der Waals surface area (Å²) in [5.74, 6) is 6.63. The second-order valence-corrected chi connectivity index (χ2v) is 35.4. The van der Waals surface area contributed by atoms with Crippen LogP contribution in [-0.4, -0.2) is 270 Å². The number of amides is 1. The van der Waals surface area contributed by atoms with Crippen molar-refractivity contribution in [2.45, 2.75) is 55.4 Å². The molecular weight excluding hydrogens is 1570 g/mol. The van der Waals surface area contributed by atoms with E-state index in [0.29, 0.717) is 110 Å². The molecule has 7 N–H and O–H groups in total. The topological polar surface area (TPSA) is 357 Å². The number of ether oxygens (including phenoxy) is 5. The van der Waals surface area contributed by atoms with Crippen molar-refractivity contribution >= 4 is 79.9 Å². The average Bonchev–Trinajstić information content (AvgIpc) is 1.66. The number of aromatic hydroxyl groups is 3. The number of rotatable bonds is 14. The minimum absolute atomic E-state index is 0.0855. The molecule has 31 heteroatoms. The highest BCUT2D eigenvalue weighted by molar-refractivity contribution is 7.89. The van der Waals surface area contributed by atoms with Crippen molar-refractivity contribution in [1.82, 2.24) is 43.9 Å². The lowest BCUT2D eigenvalue weighted by Crippen LogP contribution is -2.53. The van der Waals surface area contributed by atoms with Crippen molar-refractivity contribution in [3.63, 3.8) is 0 Å². The molecule has 8 aromatic carbocycles. The van der Waals surface area contributed by atoms with Gasteiger partial charge in [-0.25, -0.2) is 28.4 Å². The van der Waals surface area contributed by atoms with Crippen LogP contribution in [0.4, 0.5) is 22.7 Å². The molecule has 0 atom stereocenters. The van der Waals surface area contributed by atoms with Gasteiger partial charge >= 0.3 is 17.9 Å². The molecule has 8 aliphatic rings. The quantitative estimate of drug-likeness (QED) is 0.0532. The molecule has 0 aromatic heterocycles. The first-order valence-electron chi connectivity index (χ1n) is 40.3. The van der Waals surface area contributed by atoms with E-state index in [0.717, 1.165) is 148 Å². The Morgan fingerprint density at radius 2 is 0.653 bits per heavy atom. The average molecular weight is 1670 g/mol. The summed E-state index contributed by atoms with van der Waals surface area (Å²) in [6, 6.07) is 51.5. The number of carboxylic acids is 3. The molecule has 4 saturated heterocycles. The van der Waals surface area contributed by atoms with Crippen LogP contribution in [0.15, 0.2) is 190 Å². The minimum atomic E-state index is -3.58. The molecule has 638 valence electrons. The van der Waals surface area contributed by atoms with Gasteiger partial charge in [-0.3, -0.25) is 43.5 Å². The molecular formula is C90H105N13O17S. The predicted molar refractivity (Wildman–Crippen MR) is 461 cm³/mol. The van der Waals surface area contributed by atoms with Gasteiger partial charge < -0.3 is 73.9 Å². The number of hydrogen-bond donors (Lipinski definition) is 7. The molecule has 16 rings (SSSR count). The van der Waals surface area contributed by atoms with Crippen LogP contribution < -0.4 is 28.4 Å². The molecule has 0 aliphatic carbocycles. The van der Waals surface area contributed by atoms with E-state index in [2.05, 4.69) is 43.9 Å². The van der Waals surface area contributed by atoms with E-state index in [1.165, 1.54) is 6.07 Å². The summed E-state index contributed by atoms with van der Waals surface area (Å²) < 4.78 is 54.7. The van der Waals surface area contributed by atoms with Gasteiger partial charge in [0.15, 0.2) is 23.0 Å². The maximum Gasteiger partial charge on any atom is 0.310 e. The molecule has 1 amide bonds. The van der Waals surface area contributed by atoms with E-state index >= 15 is 0 Å². The van der Waals surface area contributed by atoms with Gasteiger partial charge in [-0.2, -0.15) is 0 Å². The van der Waals surface area contributed by atoms with Crippen LogP contribution in [0.5, 0.6) is 69.0 Å². The number of methoxy groups -OCH3 is 1. The van der Waals surface area contributed by atoms with Gasteiger partial charge in [0.2, 0.25) is 15.9 Å². The van der Waals surface area contributed by atoms with Gasteiger partial charge in [0.05, 0.1) is 57.3 Å². The maximum atomic E-state index is 12.4. The number of nitrogens with zero attached hydrogens (tertiary/aromatic N) is 12. The van der Waals surface area contributed by atoms with Crippen LogP contribution in [0.25, 0.3) is 0 Å². The third kappa shape index (κ3) is 21.1. The predicted octanol–water partition coefficient (Wildman–Crippen LogP) is 12.5. The van der Waals surface area contributed by atoms with Crippen molar-refractivity contribution in [2.24, 2.45) is 41.6 Å². The fourth-order valence-corrected chi connectivity index (χ4v) is 15.8. The lowest BCUT2D eigenvalue weighted by Gasteiger charge is -2.39. The maximum absolute atomic E-state index is 12.4. The van der Waals surface area contributed by atoms with Crippen LogP contribution in [0.2, 0.25) is 0 Å². The van der Waals surface area contributed by atoms with E-state index in [9.17, 15) is 58.2 Å². The fourth-order valence-electron chi connectivity index (χ4n) is 15.2. The number of phenols is 3. The zero-order chi connectivity index (χ0) is 86.3. The van der Waals surface area contributed by atoms with E-state index < -0.39 is 55.5 Å². The van der Waals surface area contributed by atoms with E-state index in [4.69, 9.17) is 43.7 Å². The molecule has 0 radical (unpaired) electrons. The fraction of sp³-hybridized carbons (Fsp3) is 0.378. The summed E-state index contributed by atoms with van der Waals surface area (Å²) >= 11 is 0. The number of hydrogen-bond acceptors (Lipinski definition) is 26. The summed E-state index contributed by atoms with van der Waals surface area (Å²) in [5, 5.41) is 57.9. The SMILES string of the molecule is CC(C)(CN1CCN(C2=Nc3ccc(O)cc3Oc3ccc(O)cc32)CC1)C(=O)O.CC(C)(CN1CCN(C2=Nc3ccc(O)cc3Oc3ccccc32)CC1)C(=O)O.CC(C)(CN1CCN(C2=Nc3ccccc3Oc3ccccc32)CC1)C(=O)NS(C)(=O)=O.COc1ccc2c(c1)Oc1ccccc1N=C2N1CCN(CC(C)(C)C(=O)O)CC1. The Balaban J connectivity index is 0.000000139. The Kier molecular flexibility index (Phi) is 26.0. The first kappa shape index (κ1) is 86.6.